The fourth-order valence-corrected chi connectivity index (χ4v) is 4.91. The Morgan fingerprint density at radius 3 is 2.77 bits per heavy atom. The van der Waals surface area contributed by atoms with Crippen molar-refractivity contribution < 1.29 is 9.59 Å². The van der Waals surface area contributed by atoms with Crippen molar-refractivity contribution in [2.24, 2.45) is 11.8 Å². The molecule has 0 spiro atoms. The molecule has 2 aliphatic heterocycles. The largest absolute Gasteiger partial charge is 0.310 e. The zero-order valence-corrected chi connectivity index (χ0v) is 13.6. The lowest BCUT2D eigenvalue weighted by molar-refractivity contribution is -0.121. The molecule has 2 heterocycles. The van der Waals surface area contributed by atoms with Crippen molar-refractivity contribution in [2.45, 2.75) is 45.2 Å². The van der Waals surface area contributed by atoms with Crippen LogP contribution in [0.25, 0.3) is 0 Å². The molecule has 2 aliphatic carbocycles. The van der Waals surface area contributed by atoms with Crippen LogP contribution in [0.3, 0.4) is 0 Å². The Morgan fingerprint density at radius 2 is 2.05 bits per heavy atom. The quantitative estimate of drug-likeness (QED) is 0.797. The lowest BCUT2D eigenvalue weighted by Crippen LogP contribution is -2.46. The predicted molar refractivity (Wildman–Crippen MR) is 84.5 cm³/mol. The molecule has 22 heavy (non-hydrogen) atoms. The molecule has 1 N–H and O–H groups in total. The maximum Gasteiger partial charge on any atom is 0.176 e. The molecule has 4 heteroatoms. The van der Waals surface area contributed by atoms with Crippen molar-refractivity contribution in [3.63, 3.8) is 0 Å². The van der Waals surface area contributed by atoms with Crippen LogP contribution < -0.4 is 5.32 Å². The lowest BCUT2D eigenvalue weighted by Gasteiger charge is -2.42. The lowest BCUT2D eigenvalue weighted by atomic mass is 9.66. The summed E-state index contributed by atoms with van der Waals surface area (Å²) in [4.78, 5) is 27.1. The number of likely N-dealkylation sites (N-methyl/N-ethyl adjacent to an activating group) is 1. The number of nitrogens with one attached hydrogen (secondary N) is 1. The van der Waals surface area contributed by atoms with Crippen LogP contribution in [0.2, 0.25) is 0 Å². The zero-order chi connectivity index (χ0) is 15.6. The second-order valence-electron chi connectivity index (χ2n) is 7.38. The molecule has 1 saturated heterocycles. The van der Waals surface area contributed by atoms with E-state index in [1.165, 1.54) is 16.7 Å². The Bertz CT molecular complexity index is 631. The van der Waals surface area contributed by atoms with Crippen molar-refractivity contribution in [3.05, 3.63) is 22.3 Å². The van der Waals surface area contributed by atoms with Crippen LogP contribution in [0.5, 0.6) is 0 Å². The molecule has 4 aliphatic rings. The van der Waals surface area contributed by atoms with E-state index in [4.69, 9.17) is 0 Å². The average molecular weight is 300 g/mol. The molecule has 4 unspecified atom stereocenters. The molecule has 0 saturated carbocycles. The van der Waals surface area contributed by atoms with Gasteiger partial charge in [-0.05, 0) is 62.8 Å². The van der Waals surface area contributed by atoms with E-state index in [0.29, 0.717) is 12.0 Å². The first-order chi connectivity index (χ1) is 10.5. The maximum atomic E-state index is 12.8. The minimum absolute atomic E-state index is 0.00792. The average Bonchev–Trinajstić information content (AvgIpc) is 2.90. The van der Waals surface area contributed by atoms with E-state index in [2.05, 4.69) is 10.2 Å². The molecular weight excluding hydrogens is 276 g/mol. The van der Waals surface area contributed by atoms with E-state index < -0.39 is 0 Å². The number of hydrogen-bond acceptors (Lipinski definition) is 4. The first-order valence-electron chi connectivity index (χ1n) is 8.43. The third-order valence-corrected chi connectivity index (χ3v) is 6.21. The van der Waals surface area contributed by atoms with Crippen LogP contribution in [-0.4, -0.2) is 48.7 Å². The number of Topliss-reactive ketones (excluding diaryl/α,β-unsaturated/α-hetero) is 2. The number of carbonyl (C=O) groups excluding carboxylic acids is 2. The first kappa shape index (κ1) is 14.3. The molecule has 0 aromatic rings. The smallest absolute Gasteiger partial charge is 0.176 e. The zero-order valence-electron chi connectivity index (χ0n) is 13.6. The topological polar surface area (TPSA) is 49.4 Å². The summed E-state index contributed by atoms with van der Waals surface area (Å²) in [5, 5.41) is 3.62. The van der Waals surface area contributed by atoms with Crippen LogP contribution in [0.1, 0.15) is 33.1 Å². The fourth-order valence-electron chi connectivity index (χ4n) is 4.91. The fraction of sp³-hybridized carbons (Fsp3) is 0.667. The highest BCUT2D eigenvalue weighted by atomic mass is 16.1. The van der Waals surface area contributed by atoms with Gasteiger partial charge >= 0.3 is 0 Å². The summed E-state index contributed by atoms with van der Waals surface area (Å²) >= 11 is 0. The standard InChI is InChI=1S/C18H24N2O2/c1-9-18(22)13-6-11-7-19-15-5-4-12(10(2)21)17(16(11)15)14(13)8-20(9)3/h9,11-12,15,19H,4-8H2,1-3H3. The number of hydrogen-bond donors (Lipinski definition) is 1. The van der Waals surface area contributed by atoms with Crippen molar-refractivity contribution in [1.29, 1.82) is 0 Å². The molecular formula is C18H24N2O2. The van der Waals surface area contributed by atoms with Crippen molar-refractivity contribution >= 4 is 11.6 Å². The van der Waals surface area contributed by atoms with Gasteiger partial charge in [-0.25, -0.2) is 0 Å². The van der Waals surface area contributed by atoms with E-state index in [1.54, 1.807) is 6.92 Å². The number of rotatable bonds is 1. The number of ketones is 2. The summed E-state index contributed by atoms with van der Waals surface area (Å²) in [6, 6.07) is 0.398. The third kappa shape index (κ3) is 1.83. The van der Waals surface area contributed by atoms with Gasteiger partial charge in [-0.15, -0.1) is 0 Å². The second kappa shape index (κ2) is 4.87. The monoisotopic (exact) mass is 300 g/mol. The van der Waals surface area contributed by atoms with Gasteiger partial charge in [-0.2, -0.15) is 0 Å². The van der Waals surface area contributed by atoms with Gasteiger partial charge in [-0.3, -0.25) is 14.5 Å². The van der Waals surface area contributed by atoms with E-state index in [1.807, 2.05) is 14.0 Å². The van der Waals surface area contributed by atoms with Gasteiger partial charge in [0.2, 0.25) is 0 Å². The van der Waals surface area contributed by atoms with Gasteiger partial charge in [-0.1, -0.05) is 0 Å². The first-order valence-corrected chi connectivity index (χ1v) is 8.43. The third-order valence-electron chi connectivity index (χ3n) is 6.21. The second-order valence-corrected chi connectivity index (χ2v) is 7.38. The molecule has 118 valence electrons. The Hall–Kier alpha value is -1.26. The van der Waals surface area contributed by atoms with E-state index in [9.17, 15) is 9.59 Å². The van der Waals surface area contributed by atoms with Crippen LogP contribution in [0.15, 0.2) is 22.3 Å². The van der Waals surface area contributed by atoms with Gasteiger partial charge in [0.15, 0.2) is 5.78 Å². The Kier molecular flexibility index (Phi) is 3.17. The molecule has 4 nitrogen and oxygen atoms in total. The molecule has 0 aromatic heterocycles. The van der Waals surface area contributed by atoms with E-state index in [-0.39, 0.29) is 23.5 Å². The van der Waals surface area contributed by atoms with Gasteiger partial charge in [0.1, 0.15) is 5.78 Å². The summed E-state index contributed by atoms with van der Waals surface area (Å²) in [6.45, 7) is 5.48. The highest BCUT2D eigenvalue weighted by Crippen LogP contribution is 2.49. The number of nitrogens with zero attached hydrogens (tertiary/aromatic N) is 1. The highest BCUT2D eigenvalue weighted by molar-refractivity contribution is 6.02. The number of fused-ring (bicyclic) bond motifs is 1. The summed E-state index contributed by atoms with van der Waals surface area (Å²) in [7, 11) is 2.01. The van der Waals surface area contributed by atoms with Crippen LogP contribution in [0, 0.1) is 11.8 Å². The highest BCUT2D eigenvalue weighted by Gasteiger charge is 2.46. The summed E-state index contributed by atoms with van der Waals surface area (Å²) in [5.41, 5.74) is 4.91. The minimum atomic E-state index is -0.0366. The molecule has 0 radical (unpaired) electrons. The normalized spacial score (nSPS) is 38.2. The van der Waals surface area contributed by atoms with Crippen LogP contribution in [0.4, 0.5) is 0 Å². The predicted octanol–water partition coefficient (Wildman–Crippen LogP) is 1.47. The van der Waals surface area contributed by atoms with E-state index >= 15 is 0 Å². The Balaban J connectivity index is 1.89. The van der Waals surface area contributed by atoms with Gasteiger partial charge in [0.05, 0.1) is 6.04 Å². The maximum absolute atomic E-state index is 12.8. The Labute approximate surface area is 131 Å². The van der Waals surface area contributed by atoms with Crippen molar-refractivity contribution in [3.8, 4) is 0 Å². The van der Waals surface area contributed by atoms with Gasteiger partial charge < -0.3 is 5.32 Å². The van der Waals surface area contributed by atoms with Crippen LogP contribution in [-0.2, 0) is 9.59 Å². The summed E-state index contributed by atoms with van der Waals surface area (Å²) < 4.78 is 0. The van der Waals surface area contributed by atoms with Crippen LogP contribution >= 0.6 is 0 Å². The minimum Gasteiger partial charge on any atom is -0.310 e. The van der Waals surface area contributed by atoms with E-state index in [0.717, 1.165) is 37.9 Å². The van der Waals surface area contributed by atoms with Crippen molar-refractivity contribution in [1.82, 2.24) is 10.2 Å². The molecule has 0 bridgehead atoms. The molecule has 4 rings (SSSR count). The molecule has 4 atom stereocenters. The Morgan fingerprint density at radius 1 is 1.27 bits per heavy atom. The molecule has 0 aromatic carbocycles. The summed E-state index contributed by atoms with van der Waals surface area (Å²) in [5.74, 6) is 0.967. The van der Waals surface area contributed by atoms with Gasteiger partial charge in [0, 0.05) is 30.6 Å². The molecule has 1 fully saturated rings. The SMILES string of the molecule is CC(=O)C1CCC2NCC3CC4=C(CN(C)C(C)C4=O)C1=C32. The van der Waals surface area contributed by atoms with Gasteiger partial charge in [0.25, 0.3) is 0 Å². The summed E-state index contributed by atoms with van der Waals surface area (Å²) in [6.07, 6.45) is 2.85. The van der Waals surface area contributed by atoms with Crippen molar-refractivity contribution in [2.75, 3.05) is 20.1 Å². The number of carbonyl (C=O) groups is 2. The molecule has 0 amide bonds.